The highest BCUT2D eigenvalue weighted by Gasteiger charge is 2.33. The van der Waals surface area contributed by atoms with Gasteiger partial charge in [0.2, 0.25) is 5.95 Å². The Morgan fingerprint density at radius 3 is 2.25 bits per heavy atom. The van der Waals surface area contributed by atoms with Crippen molar-refractivity contribution in [3.63, 3.8) is 0 Å². The van der Waals surface area contributed by atoms with E-state index >= 15 is 0 Å². The Hall–Kier alpha value is -1.28. The van der Waals surface area contributed by atoms with E-state index in [-0.39, 0.29) is 0 Å². The fraction of sp³-hybridized carbons (Fsp3) is 0.810. The average molecular weight is 389 g/mol. The molecule has 4 heterocycles. The second kappa shape index (κ2) is 9.48. The van der Waals surface area contributed by atoms with Crippen molar-refractivity contribution in [2.45, 2.75) is 25.8 Å². The number of likely N-dealkylation sites (N-methyl/N-ethyl adjacent to an activating group) is 1. The minimum Gasteiger partial charge on any atom is -0.396 e. The van der Waals surface area contributed by atoms with Crippen LogP contribution in [0.2, 0.25) is 0 Å². The molecule has 0 saturated carbocycles. The molecule has 1 aromatic heterocycles. The lowest BCUT2D eigenvalue weighted by atomic mass is 9.96. The van der Waals surface area contributed by atoms with E-state index in [1.165, 1.54) is 24.8 Å². The molecule has 3 fully saturated rings. The van der Waals surface area contributed by atoms with Crippen LogP contribution in [-0.2, 0) is 6.54 Å². The van der Waals surface area contributed by atoms with Crippen LogP contribution in [0.15, 0.2) is 12.4 Å². The summed E-state index contributed by atoms with van der Waals surface area (Å²) in [6.45, 7) is 11.1. The second-order valence-corrected chi connectivity index (χ2v) is 8.94. The van der Waals surface area contributed by atoms with Gasteiger partial charge in [-0.25, -0.2) is 9.97 Å². The quantitative estimate of drug-likeness (QED) is 0.772. The van der Waals surface area contributed by atoms with Gasteiger partial charge in [0.25, 0.3) is 0 Å². The zero-order valence-corrected chi connectivity index (χ0v) is 17.3. The monoisotopic (exact) mass is 388 g/mol. The van der Waals surface area contributed by atoms with Crippen molar-refractivity contribution in [3.05, 3.63) is 18.0 Å². The van der Waals surface area contributed by atoms with Crippen LogP contribution < -0.4 is 4.90 Å². The number of aromatic nitrogens is 2. The predicted molar refractivity (Wildman–Crippen MR) is 111 cm³/mol. The normalized spacial score (nSPS) is 28.1. The zero-order valence-electron chi connectivity index (χ0n) is 17.3. The molecule has 0 radical (unpaired) electrons. The van der Waals surface area contributed by atoms with Crippen LogP contribution in [-0.4, -0.2) is 102 Å². The number of aliphatic hydroxyl groups is 1. The molecule has 1 aromatic rings. The van der Waals surface area contributed by atoms with Gasteiger partial charge in [-0.1, -0.05) is 0 Å². The summed E-state index contributed by atoms with van der Waals surface area (Å²) in [5.41, 5.74) is 1.18. The number of piperidine rings is 1. The molecule has 0 spiro atoms. The van der Waals surface area contributed by atoms with E-state index in [1.807, 2.05) is 12.4 Å². The first-order chi connectivity index (χ1) is 13.7. The number of rotatable bonds is 6. The lowest BCUT2D eigenvalue weighted by Gasteiger charge is -2.34. The third kappa shape index (κ3) is 5.00. The van der Waals surface area contributed by atoms with Crippen molar-refractivity contribution >= 4 is 5.95 Å². The van der Waals surface area contributed by atoms with E-state index < -0.39 is 0 Å². The van der Waals surface area contributed by atoms with Crippen LogP contribution in [0.4, 0.5) is 5.95 Å². The van der Waals surface area contributed by atoms with Crippen LogP contribution in [0.1, 0.15) is 24.8 Å². The largest absolute Gasteiger partial charge is 0.396 e. The molecule has 156 valence electrons. The average Bonchev–Trinajstić information content (AvgIpc) is 3.12. The highest BCUT2D eigenvalue weighted by molar-refractivity contribution is 5.30. The Labute approximate surface area is 169 Å². The van der Waals surface area contributed by atoms with Crippen molar-refractivity contribution in [3.8, 4) is 0 Å². The Morgan fingerprint density at radius 2 is 1.57 bits per heavy atom. The SMILES string of the molecule is CN1CCN(C[C@@H]2CN(Cc3cnc(N4CCCCC4)nc3)C[C@@H]2CO)CC1. The van der Waals surface area contributed by atoms with Crippen LogP contribution in [0.25, 0.3) is 0 Å². The fourth-order valence-electron chi connectivity index (χ4n) is 4.89. The number of piperazine rings is 1. The summed E-state index contributed by atoms with van der Waals surface area (Å²) < 4.78 is 0. The number of anilines is 1. The summed E-state index contributed by atoms with van der Waals surface area (Å²) in [7, 11) is 2.20. The maximum absolute atomic E-state index is 9.89. The van der Waals surface area contributed by atoms with Gasteiger partial charge >= 0.3 is 0 Å². The van der Waals surface area contributed by atoms with Gasteiger partial charge in [0, 0.05) is 90.0 Å². The Balaban J connectivity index is 1.29. The van der Waals surface area contributed by atoms with E-state index in [4.69, 9.17) is 0 Å². The molecular weight excluding hydrogens is 352 g/mol. The number of hydrogen-bond acceptors (Lipinski definition) is 7. The molecular formula is C21H36N6O. The summed E-state index contributed by atoms with van der Waals surface area (Å²) >= 11 is 0. The van der Waals surface area contributed by atoms with Gasteiger partial charge in [0.1, 0.15) is 0 Å². The van der Waals surface area contributed by atoms with Gasteiger partial charge < -0.3 is 19.8 Å². The second-order valence-electron chi connectivity index (χ2n) is 8.94. The fourth-order valence-corrected chi connectivity index (χ4v) is 4.89. The third-order valence-corrected chi connectivity index (χ3v) is 6.71. The molecule has 0 amide bonds. The summed E-state index contributed by atoms with van der Waals surface area (Å²) in [6, 6.07) is 0. The third-order valence-electron chi connectivity index (χ3n) is 6.71. The van der Waals surface area contributed by atoms with Gasteiger partial charge in [-0.3, -0.25) is 4.90 Å². The molecule has 3 saturated heterocycles. The summed E-state index contributed by atoms with van der Waals surface area (Å²) in [5, 5.41) is 9.89. The molecule has 2 atom stereocenters. The Bertz CT molecular complexity index is 597. The molecule has 0 bridgehead atoms. The minimum atomic E-state index is 0.291. The highest BCUT2D eigenvalue weighted by Crippen LogP contribution is 2.26. The first-order valence-electron chi connectivity index (χ1n) is 11.0. The van der Waals surface area contributed by atoms with Crippen molar-refractivity contribution in [1.29, 1.82) is 0 Å². The van der Waals surface area contributed by atoms with Crippen molar-refractivity contribution in [2.24, 2.45) is 11.8 Å². The van der Waals surface area contributed by atoms with Crippen molar-refractivity contribution in [1.82, 2.24) is 24.7 Å². The van der Waals surface area contributed by atoms with Crippen LogP contribution in [0.3, 0.4) is 0 Å². The lowest BCUT2D eigenvalue weighted by molar-refractivity contribution is 0.116. The number of likely N-dealkylation sites (tertiary alicyclic amines) is 1. The van der Waals surface area contributed by atoms with Crippen molar-refractivity contribution in [2.75, 3.05) is 77.5 Å². The first kappa shape index (κ1) is 20.0. The molecule has 1 N–H and O–H groups in total. The molecule has 7 heteroatoms. The van der Waals surface area contributed by atoms with Crippen LogP contribution in [0, 0.1) is 11.8 Å². The predicted octanol–water partition coefficient (Wildman–Crippen LogP) is 0.755. The van der Waals surface area contributed by atoms with Gasteiger partial charge in [-0.15, -0.1) is 0 Å². The van der Waals surface area contributed by atoms with Gasteiger partial charge in [-0.05, 0) is 38.1 Å². The molecule has 0 aromatic carbocycles. The van der Waals surface area contributed by atoms with E-state index in [0.717, 1.165) is 71.4 Å². The standard InChI is InChI=1S/C21H36N6O/c1-24-7-9-25(10-8-24)14-19-15-26(16-20(19)17-28)13-18-11-22-21(23-12-18)27-5-3-2-4-6-27/h11-12,19-20,28H,2-10,13-17H2,1H3/t19-,20-/m1/s1. The lowest BCUT2D eigenvalue weighted by Crippen LogP contribution is -2.47. The highest BCUT2D eigenvalue weighted by atomic mass is 16.3. The first-order valence-corrected chi connectivity index (χ1v) is 11.0. The Kier molecular flexibility index (Phi) is 6.77. The maximum Gasteiger partial charge on any atom is 0.225 e. The van der Waals surface area contributed by atoms with Crippen molar-refractivity contribution < 1.29 is 5.11 Å². The summed E-state index contributed by atoms with van der Waals surface area (Å²) in [5.74, 6) is 1.82. The summed E-state index contributed by atoms with van der Waals surface area (Å²) in [6.07, 6.45) is 7.81. The zero-order chi connectivity index (χ0) is 19.3. The molecule has 0 unspecified atom stereocenters. The maximum atomic E-state index is 9.89. The molecule has 0 aliphatic carbocycles. The van der Waals surface area contributed by atoms with Gasteiger partial charge in [-0.2, -0.15) is 0 Å². The number of hydrogen-bond donors (Lipinski definition) is 1. The van der Waals surface area contributed by atoms with Crippen LogP contribution in [0.5, 0.6) is 0 Å². The van der Waals surface area contributed by atoms with Crippen LogP contribution >= 0.6 is 0 Å². The molecule has 3 aliphatic heterocycles. The van der Waals surface area contributed by atoms with E-state index in [2.05, 4.69) is 36.6 Å². The topological polar surface area (TPSA) is 59.0 Å². The minimum absolute atomic E-state index is 0.291. The Morgan fingerprint density at radius 1 is 0.893 bits per heavy atom. The van der Waals surface area contributed by atoms with Gasteiger partial charge in [0.05, 0.1) is 0 Å². The van der Waals surface area contributed by atoms with E-state index in [0.29, 0.717) is 18.4 Å². The number of aliphatic hydroxyl groups excluding tert-OH is 1. The summed E-state index contributed by atoms with van der Waals surface area (Å²) in [4.78, 5) is 19.0. The molecule has 4 rings (SSSR count). The number of nitrogens with zero attached hydrogens (tertiary/aromatic N) is 6. The molecule has 7 nitrogen and oxygen atoms in total. The molecule has 28 heavy (non-hydrogen) atoms. The van der Waals surface area contributed by atoms with E-state index in [9.17, 15) is 5.11 Å². The van der Waals surface area contributed by atoms with Gasteiger partial charge in [0.15, 0.2) is 0 Å². The molecule has 3 aliphatic rings. The van der Waals surface area contributed by atoms with E-state index in [1.54, 1.807) is 0 Å². The smallest absolute Gasteiger partial charge is 0.225 e.